The molecule has 0 aliphatic heterocycles. The van der Waals surface area contributed by atoms with Crippen molar-refractivity contribution in [1.29, 1.82) is 0 Å². The fraction of sp³-hybridized carbons (Fsp3) is 0.714. The third kappa shape index (κ3) is 1.77. The van der Waals surface area contributed by atoms with Gasteiger partial charge in [0.05, 0.1) is 11.8 Å². The summed E-state index contributed by atoms with van der Waals surface area (Å²) < 4.78 is 1.63. The first-order valence-corrected chi connectivity index (χ1v) is 3.65. The number of aryl methyl sites for hydroxylation is 1. The van der Waals surface area contributed by atoms with Gasteiger partial charge in [-0.1, -0.05) is 12.1 Å². The van der Waals surface area contributed by atoms with E-state index >= 15 is 0 Å². The summed E-state index contributed by atoms with van der Waals surface area (Å²) in [5, 5.41) is 16.9. The third-order valence-electron chi connectivity index (χ3n) is 1.81. The van der Waals surface area contributed by atoms with Gasteiger partial charge in [-0.2, -0.15) is 0 Å². The summed E-state index contributed by atoms with van der Waals surface area (Å²) in [6.45, 7) is 3.67. The third-order valence-corrected chi connectivity index (χ3v) is 1.81. The largest absolute Gasteiger partial charge is 0.393 e. The van der Waals surface area contributed by atoms with Crippen molar-refractivity contribution in [3.63, 3.8) is 0 Å². The predicted octanol–water partition coefficient (Wildman–Crippen LogP) is 0.299. The highest BCUT2D eigenvalue weighted by molar-refractivity contribution is 5.01. The molecule has 0 aliphatic carbocycles. The average molecular weight is 155 g/mol. The highest BCUT2D eigenvalue weighted by Crippen LogP contribution is 2.14. The zero-order valence-corrected chi connectivity index (χ0v) is 7.02. The van der Waals surface area contributed by atoms with Gasteiger partial charge in [0.2, 0.25) is 0 Å². The van der Waals surface area contributed by atoms with Crippen LogP contribution in [0.25, 0.3) is 0 Å². The minimum absolute atomic E-state index is 0.0590. The standard InChI is InChI=1S/C7H13N3O/c1-5(6(2)11)7-4-10(3)9-8-7/h4-6,11H,1-3H3. The molecule has 62 valence electrons. The Hall–Kier alpha value is -0.900. The summed E-state index contributed by atoms with van der Waals surface area (Å²) in [5.41, 5.74) is 0.836. The van der Waals surface area contributed by atoms with Crippen molar-refractivity contribution in [3.8, 4) is 0 Å². The lowest BCUT2D eigenvalue weighted by Gasteiger charge is -2.09. The first-order chi connectivity index (χ1) is 5.11. The zero-order chi connectivity index (χ0) is 8.43. The Kier molecular flexibility index (Phi) is 2.24. The number of nitrogens with zero attached hydrogens (tertiary/aromatic N) is 3. The van der Waals surface area contributed by atoms with Crippen molar-refractivity contribution in [1.82, 2.24) is 15.0 Å². The number of aliphatic hydroxyl groups excluding tert-OH is 1. The van der Waals surface area contributed by atoms with Gasteiger partial charge in [0, 0.05) is 19.2 Å². The minimum Gasteiger partial charge on any atom is -0.393 e. The van der Waals surface area contributed by atoms with Gasteiger partial charge in [0.1, 0.15) is 0 Å². The number of aromatic nitrogens is 3. The predicted molar refractivity (Wildman–Crippen MR) is 41.1 cm³/mol. The first-order valence-electron chi connectivity index (χ1n) is 3.65. The van der Waals surface area contributed by atoms with Gasteiger partial charge in [-0.3, -0.25) is 4.68 Å². The van der Waals surface area contributed by atoms with Crippen molar-refractivity contribution < 1.29 is 5.11 Å². The van der Waals surface area contributed by atoms with Gasteiger partial charge >= 0.3 is 0 Å². The highest BCUT2D eigenvalue weighted by atomic mass is 16.3. The van der Waals surface area contributed by atoms with E-state index in [2.05, 4.69) is 10.3 Å². The van der Waals surface area contributed by atoms with Crippen LogP contribution >= 0.6 is 0 Å². The van der Waals surface area contributed by atoms with Crippen LogP contribution in [0.15, 0.2) is 6.20 Å². The summed E-state index contributed by atoms with van der Waals surface area (Å²) in [6.07, 6.45) is 1.45. The summed E-state index contributed by atoms with van der Waals surface area (Å²) >= 11 is 0. The molecular weight excluding hydrogens is 142 g/mol. The van der Waals surface area contributed by atoms with Crippen molar-refractivity contribution in [3.05, 3.63) is 11.9 Å². The quantitative estimate of drug-likeness (QED) is 0.668. The fourth-order valence-corrected chi connectivity index (χ4v) is 0.821. The summed E-state index contributed by atoms with van der Waals surface area (Å²) in [7, 11) is 1.81. The smallest absolute Gasteiger partial charge is 0.0880 e. The van der Waals surface area contributed by atoms with Crippen LogP contribution in [0, 0.1) is 0 Å². The molecule has 0 radical (unpaired) electrons. The zero-order valence-electron chi connectivity index (χ0n) is 7.02. The molecule has 1 aromatic rings. The van der Waals surface area contributed by atoms with Crippen molar-refractivity contribution in [2.45, 2.75) is 25.9 Å². The van der Waals surface area contributed by atoms with Crippen LogP contribution in [0.3, 0.4) is 0 Å². The molecular formula is C7H13N3O. The molecule has 1 heterocycles. The number of hydrogen-bond donors (Lipinski definition) is 1. The van der Waals surface area contributed by atoms with Crippen LogP contribution in [-0.2, 0) is 7.05 Å². The lowest BCUT2D eigenvalue weighted by molar-refractivity contribution is 0.167. The summed E-state index contributed by atoms with van der Waals surface area (Å²) in [6, 6.07) is 0. The Balaban J connectivity index is 2.76. The van der Waals surface area contributed by atoms with Gasteiger partial charge in [-0.25, -0.2) is 0 Å². The number of hydrogen-bond acceptors (Lipinski definition) is 3. The summed E-state index contributed by atoms with van der Waals surface area (Å²) in [5.74, 6) is 0.0590. The van der Waals surface area contributed by atoms with E-state index in [1.807, 2.05) is 20.2 Å². The second kappa shape index (κ2) is 3.00. The number of aliphatic hydroxyl groups is 1. The molecule has 1 rings (SSSR count). The van der Waals surface area contributed by atoms with Gasteiger partial charge in [0.25, 0.3) is 0 Å². The van der Waals surface area contributed by atoms with Crippen molar-refractivity contribution in [2.24, 2.45) is 7.05 Å². The lowest BCUT2D eigenvalue weighted by atomic mass is 10.0. The Labute approximate surface area is 65.8 Å². The van der Waals surface area contributed by atoms with Crippen LogP contribution in [0.5, 0.6) is 0 Å². The lowest BCUT2D eigenvalue weighted by Crippen LogP contribution is -2.11. The first kappa shape index (κ1) is 8.20. The molecule has 11 heavy (non-hydrogen) atoms. The molecule has 0 amide bonds. The molecule has 0 spiro atoms. The maximum Gasteiger partial charge on any atom is 0.0880 e. The summed E-state index contributed by atoms with van der Waals surface area (Å²) in [4.78, 5) is 0. The molecule has 1 N–H and O–H groups in total. The molecule has 0 saturated carbocycles. The Morgan fingerprint density at radius 1 is 1.55 bits per heavy atom. The van der Waals surface area contributed by atoms with E-state index in [9.17, 15) is 5.11 Å². The van der Waals surface area contributed by atoms with Gasteiger partial charge in [0.15, 0.2) is 0 Å². The van der Waals surface area contributed by atoms with Crippen LogP contribution in [0.4, 0.5) is 0 Å². The van der Waals surface area contributed by atoms with Crippen LogP contribution in [-0.4, -0.2) is 26.2 Å². The Bertz CT molecular complexity index is 231. The molecule has 4 nitrogen and oxygen atoms in total. The molecule has 0 aromatic carbocycles. The maximum atomic E-state index is 9.21. The fourth-order valence-electron chi connectivity index (χ4n) is 0.821. The molecule has 2 atom stereocenters. The SMILES string of the molecule is CC(O)C(C)c1cn(C)nn1. The molecule has 1 aromatic heterocycles. The van der Waals surface area contributed by atoms with E-state index in [-0.39, 0.29) is 12.0 Å². The minimum atomic E-state index is -0.369. The second-order valence-electron chi connectivity index (χ2n) is 2.85. The van der Waals surface area contributed by atoms with Crippen molar-refractivity contribution in [2.75, 3.05) is 0 Å². The maximum absolute atomic E-state index is 9.21. The van der Waals surface area contributed by atoms with E-state index in [0.29, 0.717) is 0 Å². The normalized spacial score (nSPS) is 16.4. The molecule has 4 heteroatoms. The van der Waals surface area contributed by atoms with Crippen LogP contribution in [0.2, 0.25) is 0 Å². The van der Waals surface area contributed by atoms with Gasteiger partial charge < -0.3 is 5.11 Å². The van der Waals surface area contributed by atoms with E-state index in [4.69, 9.17) is 0 Å². The van der Waals surface area contributed by atoms with Gasteiger partial charge in [-0.15, -0.1) is 5.10 Å². The Morgan fingerprint density at radius 2 is 2.18 bits per heavy atom. The average Bonchev–Trinajstić information content (AvgIpc) is 2.34. The van der Waals surface area contributed by atoms with Crippen molar-refractivity contribution >= 4 is 0 Å². The Morgan fingerprint density at radius 3 is 2.55 bits per heavy atom. The molecule has 0 fully saturated rings. The monoisotopic (exact) mass is 155 g/mol. The topological polar surface area (TPSA) is 50.9 Å². The molecule has 0 bridgehead atoms. The van der Waals surface area contributed by atoms with E-state index < -0.39 is 0 Å². The molecule has 0 saturated heterocycles. The molecule has 0 aliphatic rings. The number of rotatable bonds is 2. The van der Waals surface area contributed by atoms with E-state index in [0.717, 1.165) is 5.69 Å². The van der Waals surface area contributed by atoms with Crippen LogP contribution in [0.1, 0.15) is 25.5 Å². The van der Waals surface area contributed by atoms with E-state index in [1.165, 1.54) is 0 Å². The second-order valence-corrected chi connectivity index (χ2v) is 2.85. The highest BCUT2D eigenvalue weighted by Gasteiger charge is 2.13. The molecule has 2 unspecified atom stereocenters. The van der Waals surface area contributed by atoms with E-state index in [1.54, 1.807) is 11.6 Å². The van der Waals surface area contributed by atoms with Crippen LogP contribution < -0.4 is 0 Å². The van der Waals surface area contributed by atoms with Gasteiger partial charge in [-0.05, 0) is 6.92 Å².